The van der Waals surface area contributed by atoms with Gasteiger partial charge in [-0.25, -0.2) is 9.78 Å². The van der Waals surface area contributed by atoms with E-state index < -0.39 is 16.5 Å². The summed E-state index contributed by atoms with van der Waals surface area (Å²) in [4.78, 5) is 38.3. The lowest BCUT2D eigenvalue weighted by atomic mass is 10.3. The van der Waals surface area contributed by atoms with E-state index in [1.165, 1.54) is 41.5 Å². The molecule has 0 radical (unpaired) electrons. The lowest BCUT2D eigenvalue weighted by Crippen LogP contribution is -2.26. The van der Waals surface area contributed by atoms with Crippen molar-refractivity contribution in [2.75, 3.05) is 0 Å². The van der Waals surface area contributed by atoms with E-state index in [1.807, 2.05) is 0 Å². The minimum absolute atomic E-state index is 0.114. The summed E-state index contributed by atoms with van der Waals surface area (Å²) in [5.41, 5.74) is -0.106. The standard InChI is InChI=1S/C14H11N5O5/c1-17-13-11(6-16-17)14(21)18(8-15-13)7-12(20)24-10-4-2-9(3-5-10)19(22)23/h2-6,8H,7H2,1H3. The maximum atomic E-state index is 12.2. The van der Waals surface area contributed by atoms with Gasteiger partial charge in [-0.05, 0) is 12.1 Å². The van der Waals surface area contributed by atoms with E-state index in [0.29, 0.717) is 11.0 Å². The average Bonchev–Trinajstić information content (AvgIpc) is 2.92. The molecule has 0 atom stereocenters. The molecule has 0 aliphatic rings. The second kappa shape index (κ2) is 5.91. The zero-order valence-corrected chi connectivity index (χ0v) is 12.4. The summed E-state index contributed by atoms with van der Waals surface area (Å²) in [6, 6.07) is 5.05. The Labute approximate surface area is 134 Å². The summed E-state index contributed by atoms with van der Waals surface area (Å²) in [6.45, 7) is -0.340. The van der Waals surface area contributed by atoms with E-state index in [9.17, 15) is 19.7 Å². The van der Waals surface area contributed by atoms with Crippen LogP contribution in [0.2, 0.25) is 0 Å². The van der Waals surface area contributed by atoms with Crippen LogP contribution in [0.1, 0.15) is 0 Å². The molecule has 0 saturated heterocycles. The molecule has 0 spiro atoms. The topological polar surface area (TPSA) is 122 Å². The highest BCUT2D eigenvalue weighted by molar-refractivity contribution is 5.75. The SMILES string of the molecule is Cn1ncc2c(=O)n(CC(=O)Oc3ccc([N+](=O)[O-])cc3)cnc21. The van der Waals surface area contributed by atoms with Crippen molar-refractivity contribution >= 4 is 22.7 Å². The predicted molar refractivity (Wildman–Crippen MR) is 81.5 cm³/mol. The van der Waals surface area contributed by atoms with E-state index in [1.54, 1.807) is 7.05 Å². The summed E-state index contributed by atoms with van der Waals surface area (Å²) >= 11 is 0. The maximum absolute atomic E-state index is 12.2. The van der Waals surface area contributed by atoms with Crippen LogP contribution in [0.15, 0.2) is 41.6 Å². The number of nitro benzene ring substituents is 1. The minimum atomic E-state index is -0.698. The van der Waals surface area contributed by atoms with Gasteiger partial charge in [-0.3, -0.25) is 24.2 Å². The van der Waals surface area contributed by atoms with Crippen LogP contribution in [-0.2, 0) is 18.4 Å². The van der Waals surface area contributed by atoms with Gasteiger partial charge in [-0.1, -0.05) is 0 Å². The molecular weight excluding hydrogens is 318 g/mol. The molecule has 0 unspecified atom stereocenters. The number of rotatable bonds is 4. The average molecular weight is 329 g/mol. The Morgan fingerprint density at radius 2 is 2.04 bits per heavy atom. The molecule has 0 aliphatic heterocycles. The smallest absolute Gasteiger partial charge is 0.331 e. The van der Waals surface area contributed by atoms with Crippen LogP contribution < -0.4 is 10.3 Å². The molecule has 0 N–H and O–H groups in total. The van der Waals surface area contributed by atoms with Crippen molar-refractivity contribution in [3.8, 4) is 5.75 Å². The summed E-state index contributed by atoms with van der Waals surface area (Å²) in [5.74, 6) is -0.551. The van der Waals surface area contributed by atoms with Gasteiger partial charge in [-0.2, -0.15) is 5.10 Å². The van der Waals surface area contributed by atoms with Gasteiger partial charge in [0.25, 0.3) is 11.2 Å². The summed E-state index contributed by atoms with van der Waals surface area (Å²) in [7, 11) is 1.65. The molecule has 10 heteroatoms. The van der Waals surface area contributed by atoms with E-state index in [2.05, 4.69) is 10.1 Å². The lowest BCUT2D eigenvalue weighted by molar-refractivity contribution is -0.384. The number of nitro groups is 1. The largest absolute Gasteiger partial charge is 0.425 e. The summed E-state index contributed by atoms with van der Waals surface area (Å²) < 4.78 is 7.62. The van der Waals surface area contributed by atoms with Gasteiger partial charge in [0.05, 0.1) is 11.1 Å². The molecule has 24 heavy (non-hydrogen) atoms. The lowest BCUT2D eigenvalue weighted by Gasteiger charge is -2.06. The van der Waals surface area contributed by atoms with Crippen molar-refractivity contribution in [3.05, 3.63) is 57.3 Å². The van der Waals surface area contributed by atoms with Crippen molar-refractivity contribution in [1.82, 2.24) is 19.3 Å². The van der Waals surface area contributed by atoms with Crippen LogP contribution in [0.5, 0.6) is 5.75 Å². The number of hydrogen-bond acceptors (Lipinski definition) is 7. The molecule has 0 aliphatic carbocycles. The van der Waals surface area contributed by atoms with Crippen molar-refractivity contribution < 1.29 is 14.5 Å². The van der Waals surface area contributed by atoms with Gasteiger partial charge in [-0.15, -0.1) is 0 Å². The highest BCUT2D eigenvalue weighted by atomic mass is 16.6. The number of aryl methyl sites for hydroxylation is 1. The highest BCUT2D eigenvalue weighted by Gasteiger charge is 2.13. The first-order valence-electron chi connectivity index (χ1n) is 6.78. The van der Waals surface area contributed by atoms with E-state index >= 15 is 0 Å². The number of ether oxygens (including phenoxy) is 1. The Kier molecular flexibility index (Phi) is 3.78. The number of nitrogens with zero attached hydrogens (tertiary/aromatic N) is 5. The van der Waals surface area contributed by atoms with Crippen LogP contribution >= 0.6 is 0 Å². The van der Waals surface area contributed by atoms with Gasteiger partial charge in [0, 0.05) is 19.2 Å². The number of carbonyl (C=O) groups excluding carboxylic acids is 1. The second-order valence-corrected chi connectivity index (χ2v) is 4.91. The third-order valence-electron chi connectivity index (χ3n) is 3.30. The number of non-ortho nitro benzene ring substituents is 1. The molecule has 2 aromatic heterocycles. The molecule has 0 fully saturated rings. The van der Waals surface area contributed by atoms with Crippen LogP contribution in [0.4, 0.5) is 5.69 Å². The first-order valence-corrected chi connectivity index (χ1v) is 6.78. The zero-order valence-electron chi connectivity index (χ0n) is 12.4. The minimum Gasteiger partial charge on any atom is -0.425 e. The van der Waals surface area contributed by atoms with E-state index in [0.717, 1.165) is 4.57 Å². The first-order chi connectivity index (χ1) is 11.5. The Bertz CT molecular complexity index is 989. The number of aromatic nitrogens is 4. The van der Waals surface area contributed by atoms with Crippen molar-refractivity contribution in [2.45, 2.75) is 6.54 Å². The van der Waals surface area contributed by atoms with Crippen molar-refractivity contribution in [1.29, 1.82) is 0 Å². The Hall–Kier alpha value is -3.56. The summed E-state index contributed by atoms with van der Waals surface area (Å²) in [6.07, 6.45) is 2.62. The van der Waals surface area contributed by atoms with Gasteiger partial charge < -0.3 is 4.74 Å². The molecule has 0 saturated carbocycles. The fraction of sp³-hybridized carbons (Fsp3) is 0.143. The fourth-order valence-electron chi connectivity index (χ4n) is 2.12. The third-order valence-corrected chi connectivity index (χ3v) is 3.30. The molecule has 3 aromatic rings. The number of esters is 1. The van der Waals surface area contributed by atoms with Gasteiger partial charge in [0.15, 0.2) is 5.65 Å². The van der Waals surface area contributed by atoms with E-state index in [-0.39, 0.29) is 18.0 Å². The molecular formula is C14H11N5O5. The number of hydrogen-bond donors (Lipinski definition) is 0. The summed E-state index contributed by atoms with van der Waals surface area (Å²) in [5, 5.41) is 14.8. The maximum Gasteiger partial charge on any atom is 0.331 e. The monoisotopic (exact) mass is 329 g/mol. The Morgan fingerprint density at radius 1 is 1.33 bits per heavy atom. The first kappa shape index (κ1) is 15.3. The zero-order chi connectivity index (χ0) is 17.3. The number of carbonyl (C=O) groups is 1. The molecule has 0 bridgehead atoms. The molecule has 1 aromatic carbocycles. The molecule has 0 amide bonds. The molecule has 122 valence electrons. The molecule has 2 heterocycles. The van der Waals surface area contributed by atoms with Crippen molar-refractivity contribution in [3.63, 3.8) is 0 Å². The Morgan fingerprint density at radius 3 is 2.71 bits per heavy atom. The van der Waals surface area contributed by atoms with Crippen LogP contribution in [0.3, 0.4) is 0 Å². The van der Waals surface area contributed by atoms with Crippen LogP contribution in [0.25, 0.3) is 11.0 Å². The van der Waals surface area contributed by atoms with Crippen LogP contribution in [-0.4, -0.2) is 30.2 Å². The normalized spacial score (nSPS) is 10.7. The quantitative estimate of drug-likeness (QED) is 0.298. The molecule has 3 rings (SSSR count). The predicted octanol–water partition coefficient (Wildman–Crippen LogP) is 0.644. The second-order valence-electron chi connectivity index (χ2n) is 4.91. The van der Waals surface area contributed by atoms with Crippen molar-refractivity contribution in [2.24, 2.45) is 7.05 Å². The highest BCUT2D eigenvalue weighted by Crippen LogP contribution is 2.17. The Balaban J connectivity index is 1.76. The number of fused-ring (bicyclic) bond motifs is 1. The third kappa shape index (κ3) is 2.84. The van der Waals surface area contributed by atoms with Gasteiger partial charge in [0.2, 0.25) is 0 Å². The molecule has 10 nitrogen and oxygen atoms in total. The van der Waals surface area contributed by atoms with E-state index in [4.69, 9.17) is 4.74 Å². The fourth-order valence-corrected chi connectivity index (χ4v) is 2.12. The van der Waals surface area contributed by atoms with Gasteiger partial charge >= 0.3 is 5.97 Å². The number of benzene rings is 1. The van der Waals surface area contributed by atoms with Crippen LogP contribution in [0, 0.1) is 10.1 Å². The van der Waals surface area contributed by atoms with Gasteiger partial charge in [0.1, 0.15) is 24.0 Å².